The SMILES string of the molecule is CN1C2CCC1CC(CC(=O)c1n[nH]c3ccc(S(=O)(=O)c4ccccc4)cc13)C2. The number of ketones is 1. The maximum absolute atomic E-state index is 13.1. The van der Waals surface area contributed by atoms with Gasteiger partial charge in [0.2, 0.25) is 9.84 Å². The van der Waals surface area contributed by atoms with Gasteiger partial charge in [0, 0.05) is 23.9 Å². The number of carbonyl (C=O) groups excluding carboxylic acids is 1. The molecule has 1 aromatic heterocycles. The van der Waals surface area contributed by atoms with Gasteiger partial charge >= 0.3 is 0 Å². The van der Waals surface area contributed by atoms with E-state index in [0.29, 0.717) is 41.0 Å². The number of H-pyrrole nitrogens is 1. The molecule has 2 aliphatic heterocycles. The molecule has 2 fully saturated rings. The van der Waals surface area contributed by atoms with E-state index in [-0.39, 0.29) is 15.6 Å². The minimum absolute atomic E-state index is 0.00976. The minimum atomic E-state index is -3.65. The maximum atomic E-state index is 13.1. The predicted molar refractivity (Wildman–Crippen MR) is 114 cm³/mol. The number of nitrogens with zero attached hydrogens (tertiary/aromatic N) is 2. The van der Waals surface area contributed by atoms with Crippen molar-refractivity contribution < 1.29 is 13.2 Å². The fourth-order valence-corrected chi connectivity index (χ4v) is 6.47. The Balaban J connectivity index is 1.43. The third kappa shape index (κ3) is 3.26. The Morgan fingerprint density at radius 2 is 1.77 bits per heavy atom. The number of Topliss-reactive ketones (excluding diaryl/α,β-unsaturated/α-hetero) is 1. The van der Waals surface area contributed by atoms with Gasteiger partial charge in [-0.2, -0.15) is 5.10 Å². The molecule has 0 aliphatic carbocycles. The van der Waals surface area contributed by atoms with Crippen molar-refractivity contribution in [2.45, 2.75) is 54.0 Å². The van der Waals surface area contributed by atoms with E-state index in [2.05, 4.69) is 22.1 Å². The molecule has 6 nitrogen and oxygen atoms in total. The molecular weight excluding hydrogens is 398 g/mol. The van der Waals surface area contributed by atoms with Crippen LogP contribution in [-0.2, 0) is 9.84 Å². The first-order chi connectivity index (χ1) is 14.4. The molecule has 5 rings (SSSR count). The summed E-state index contributed by atoms with van der Waals surface area (Å²) in [7, 11) is -1.46. The zero-order chi connectivity index (χ0) is 20.9. The van der Waals surface area contributed by atoms with Crippen molar-refractivity contribution in [1.29, 1.82) is 0 Å². The molecule has 2 unspecified atom stereocenters. The summed E-state index contributed by atoms with van der Waals surface area (Å²) in [6, 6.07) is 14.3. The van der Waals surface area contributed by atoms with Crippen LogP contribution in [0.1, 0.15) is 42.6 Å². The van der Waals surface area contributed by atoms with Gasteiger partial charge in [-0.1, -0.05) is 18.2 Å². The molecule has 156 valence electrons. The van der Waals surface area contributed by atoms with Gasteiger partial charge in [-0.15, -0.1) is 0 Å². The lowest BCUT2D eigenvalue weighted by molar-refractivity contribution is 0.0879. The average Bonchev–Trinajstić information content (AvgIpc) is 3.25. The summed E-state index contributed by atoms with van der Waals surface area (Å²) in [5.41, 5.74) is 1.02. The van der Waals surface area contributed by atoms with Crippen LogP contribution in [0.5, 0.6) is 0 Å². The van der Waals surface area contributed by atoms with Gasteiger partial charge in [0.25, 0.3) is 0 Å². The molecule has 2 atom stereocenters. The van der Waals surface area contributed by atoms with Gasteiger partial charge in [-0.05, 0) is 69.0 Å². The lowest BCUT2D eigenvalue weighted by Crippen LogP contribution is -2.40. The molecular formula is C23H25N3O3S. The van der Waals surface area contributed by atoms with Crippen molar-refractivity contribution in [2.75, 3.05) is 7.05 Å². The van der Waals surface area contributed by atoms with E-state index >= 15 is 0 Å². The lowest BCUT2D eigenvalue weighted by atomic mass is 9.86. The van der Waals surface area contributed by atoms with E-state index < -0.39 is 9.84 Å². The Morgan fingerprint density at radius 1 is 1.07 bits per heavy atom. The van der Waals surface area contributed by atoms with Crippen molar-refractivity contribution in [1.82, 2.24) is 15.1 Å². The first-order valence-electron chi connectivity index (χ1n) is 10.5. The first kappa shape index (κ1) is 19.5. The Morgan fingerprint density at radius 3 is 2.47 bits per heavy atom. The third-order valence-electron chi connectivity index (χ3n) is 6.83. The maximum Gasteiger partial charge on any atom is 0.206 e. The van der Waals surface area contributed by atoms with Crippen LogP contribution in [0.25, 0.3) is 10.9 Å². The van der Waals surface area contributed by atoms with E-state index in [9.17, 15) is 13.2 Å². The quantitative estimate of drug-likeness (QED) is 0.631. The number of fused-ring (bicyclic) bond motifs is 3. The fourth-order valence-electron chi connectivity index (χ4n) is 5.16. The number of rotatable bonds is 5. The fraction of sp³-hybridized carbons (Fsp3) is 0.391. The predicted octanol–water partition coefficient (Wildman–Crippen LogP) is 3.84. The highest BCUT2D eigenvalue weighted by Crippen LogP contribution is 2.39. The summed E-state index contributed by atoms with van der Waals surface area (Å²) < 4.78 is 26.0. The smallest absolute Gasteiger partial charge is 0.206 e. The molecule has 30 heavy (non-hydrogen) atoms. The Kier molecular flexibility index (Phi) is 4.75. The van der Waals surface area contributed by atoms with Crippen LogP contribution in [-0.4, -0.2) is 48.4 Å². The number of aromatic nitrogens is 2. The van der Waals surface area contributed by atoms with Crippen molar-refractivity contribution >= 4 is 26.5 Å². The lowest BCUT2D eigenvalue weighted by Gasteiger charge is -2.36. The van der Waals surface area contributed by atoms with E-state index in [4.69, 9.17) is 0 Å². The average molecular weight is 424 g/mol. The topological polar surface area (TPSA) is 83.1 Å². The van der Waals surface area contributed by atoms with Gasteiger partial charge in [-0.3, -0.25) is 9.89 Å². The van der Waals surface area contributed by atoms with Crippen molar-refractivity contribution in [3.05, 3.63) is 54.2 Å². The first-order valence-corrected chi connectivity index (χ1v) is 11.9. The molecule has 0 radical (unpaired) electrons. The molecule has 0 amide bonds. The second-order valence-electron chi connectivity index (χ2n) is 8.61. The number of carbonyl (C=O) groups is 1. The number of hydrogen-bond acceptors (Lipinski definition) is 5. The van der Waals surface area contributed by atoms with E-state index in [1.54, 1.807) is 48.5 Å². The normalized spacial score (nSPS) is 24.4. The number of piperidine rings is 1. The molecule has 7 heteroatoms. The van der Waals surface area contributed by atoms with Crippen LogP contribution in [0, 0.1) is 5.92 Å². The molecule has 0 spiro atoms. The number of hydrogen-bond donors (Lipinski definition) is 1. The summed E-state index contributed by atoms with van der Waals surface area (Å²) in [5.74, 6) is 0.360. The van der Waals surface area contributed by atoms with Crippen LogP contribution in [0.15, 0.2) is 58.3 Å². The molecule has 2 aliphatic rings. The molecule has 2 bridgehead atoms. The summed E-state index contributed by atoms with van der Waals surface area (Å²) in [6.45, 7) is 0. The van der Waals surface area contributed by atoms with Crippen LogP contribution in [0.2, 0.25) is 0 Å². The zero-order valence-corrected chi connectivity index (χ0v) is 17.7. The van der Waals surface area contributed by atoms with Crippen molar-refractivity contribution in [3.8, 4) is 0 Å². The molecule has 2 aromatic carbocycles. The largest absolute Gasteiger partial charge is 0.300 e. The van der Waals surface area contributed by atoms with Gasteiger partial charge in [-0.25, -0.2) is 8.42 Å². The summed E-state index contributed by atoms with van der Waals surface area (Å²) >= 11 is 0. The zero-order valence-electron chi connectivity index (χ0n) is 16.9. The highest BCUT2D eigenvalue weighted by molar-refractivity contribution is 7.91. The number of nitrogens with one attached hydrogen (secondary N) is 1. The van der Waals surface area contributed by atoms with Gasteiger partial charge in [0.1, 0.15) is 5.69 Å². The van der Waals surface area contributed by atoms with Gasteiger partial charge in [0.05, 0.1) is 15.3 Å². The van der Waals surface area contributed by atoms with Gasteiger partial charge in [0.15, 0.2) is 5.78 Å². The van der Waals surface area contributed by atoms with E-state index in [1.807, 2.05) is 0 Å². The van der Waals surface area contributed by atoms with Crippen LogP contribution in [0.4, 0.5) is 0 Å². The van der Waals surface area contributed by atoms with E-state index in [0.717, 1.165) is 12.8 Å². The molecule has 1 N–H and O–H groups in total. The molecule has 3 aromatic rings. The second kappa shape index (κ2) is 7.32. The number of aromatic amines is 1. The van der Waals surface area contributed by atoms with Crippen LogP contribution < -0.4 is 0 Å². The van der Waals surface area contributed by atoms with Crippen molar-refractivity contribution in [2.24, 2.45) is 5.92 Å². The van der Waals surface area contributed by atoms with Crippen molar-refractivity contribution in [3.63, 3.8) is 0 Å². The number of benzene rings is 2. The Hall–Kier alpha value is -2.51. The van der Waals surface area contributed by atoms with E-state index in [1.165, 1.54) is 12.8 Å². The Labute approximate surface area is 176 Å². The summed E-state index contributed by atoms with van der Waals surface area (Å²) in [4.78, 5) is 16.0. The standard InChI is InChI=1S/C23H25N3O3S/c1-26-16-7-8-17(26)12-15(11-16)13-22(27)23-20-14-19(9-10-21(20)24-25-23)30(28,29)18-5-3-2-4-6-18/h2-6,9-10,14-17H,7-8,11-13H2,1H3,(H,24,25). The summed E-state index contributed by atoms with van der Waals surface area (Å²) in [5, 5.41) is 7.71. The molecule has 2 saturated heterocycles. The molecule has 0 saturated carbocycles. The monoisotopic (exact) mass is 423 g/mol. The second-order valence-corrected chi connectivity index (χ2v) is 10.6. The third-order valence-corrected chi connectivity index (χ3v) is 8.60. The highest BCUT2D eigenvalue weighted by Gasteiger charge is 2.39. The summed E-state index contributed by atoms with van der Waals surface area (Å²) in [6.07, 6.45) is 5.01. The highest BCUT2D eigenvalue weighted by atomic mass is 32.2. The molecule has 3 heterocycles. The van der Waals surface area contributed by atoms with Gasteiger partial charge < -0.3 is 4.90 Å². The Bertz CT molecular complexity index is 1190. The van der Waals surface area contributed by atoms with Crippen LogP contribution in [0.3, 0.4) is 0 Å². The number of sulfone groups is 1. The minimum Gasteiger partial charge on any atom is -0.300 e. The van der Waals surface area contributed by atoms with Crippen LogP contribution >= 0.6 is 0 Å².